The van der Waals surface area contributed by atoms with Crippen molar-refractivity contribution in [1.29, 1.82) is 0 Å². The molecule has 3 N–H and O–H groups in total. The number of ether oxygens (including phenoxy) is 1. The van der Waals surface area contributed by atoms with E-state index in [0.717, 1.165) is 0 Å². The van der Waals surface area contributed by atoms with E-state index in [0.29, 0.717) is 12.1 Å². The van der Waals surface area contributed by atoms with Crippen LogP contribution in [0, 0.1) is 17.7 Å². The van der Waals surface area contributed by atoms with Gasteiger partial charge in [-0.1, -0.05) is 11.8 Å². The van der Waals surface area contributed by atoms with Gasteiger partial charge < -0.3 is 4.74 Å². The van der Waals surface area contributed by atoms with Gasteiger partial charge in [-0.15, -0.1) is 0 Å². The van der Waals surface area contributed by atoms with Gasteiger partial charge in [-0.05, 0) is 18.2 Å². The molecule has 0 aliphatic rings. The summed E-state index contributed by atoms with van der Waals surface area (Å²) in [7, 11) is 1.42. The Morgan fingerprint density at radius 2 is 2.36 bits per heavy atom. The minimum absolute atomic E-state index is 0.215. The molecule has 1 aromatic rings. The third kappa shape index (κ3) is 2.73. The van der Waals surface area contributed by atoms with Crippen LogP contribution < -0.4 is 16.0 Å². The topological polar surface area (TPSA) is 47.3 Å². The van der Waals surface area contributed by atoms with Gasteiger partial charge in [0.2, 0.25) is 0 Å². The summed E-state index contributed by atoms with van der Waals surface area (Å²) in [4.78, 5) is 0. The van der Waals surface area contributed by atoms with Crippen molar-refractivity contribution < 1.29 is 9.13 Å². The molecule has 0 aromatic heterocycles. The second-order valence-corrected chi connectivity index (χ2v) is 2.53. The Labute approximate surface area is 82.0 Å². The van der Waals surface area contributed by atoms with E-state index in [-0.39, 0.29) is 5.75 Å². The highest BCUT2D eigenvalue weighted by atomic mass is 19.1. The molecular formula is C10H11FN2O. The number of hydrogen-bond acceptors (Lipinski definition) is 3. The molecule has 0 atom stereocenters. The van der Waals surface area contributed by atoms with Crippen molar-refractivity contribution in [2.24, 2.45) is 5.84 Å². The van der Waals surface area contributed by atoms with Crippen LogP contribution in [0.4, 0.5) is 4.39 Å². The van der Waals surface area contributed by atoms with Crippen molar-refractivity contribution in [2.45, 2.75) is 0 Å². The molecule has 14 heavy (non-hydrogen) atoms. The quantitative estimate of drug-likeness (QED) is 0.413. The van der Waals surface area contributed by atoms with Gasteiger partial charge in [0, 0.05) is 5.56 Å². The molecule has 74 valence electrons. The molecule has 0 fully saturated rings. The zero-order valence-corrected chi connectivity index (χ0v) is 7.80. The van der Waals surface area contributed by atoms with E-state index >= 15 is 0 Å². The van der Waals surface area contributed by atoms with Crippen LogP contribution in [0.5, 0.6) is 5.75 Å². The summed E-state index contributed by atoms with van der Waals surface area (Å²) in [6.07, 6.45) is 0. The predicted molar refractivity (Wildman–Crippen MR) is 52.0 cm³/mol. The van der Waals surface area contributed by atoms with Crippen LogP contribution in [-0.4, -0.2) is 13.7 Å². The number of rotatable bonds is 2. The summed E-state index contributed by atoms with van der Waals surface area (Å²) < 4.78 is 17.9. The maximum atomic E-state index is 13.1. The molecule has 0 aliphatic carbocycles. The minimum atomic E-state index is -0.417. The van der Waals surface area contributed by atoms with E-state index in [4.69, 9.17) is 10.6 Å². The fourth-order valence-electron chi connectivity index (χ4n) is 0.941. The van der Waals surface area contributed by atoms with Crippen LogP contribution in [0.3, 0.4) is 0 Å². The number of nitrogens with two attached hydrogens (primary N) is 1. The highest BCUT2D eigenvalue weighted by Gasteiger charge is 2.00. The smallest absolute Gasteiger partial charge is 0.166 e. The van der Waals surface area contributed by atoms with Gasteiger partial charge >= 0.3 is 0 Å². The molecule has 4 heteroatoms. The average Bonchev–Trinajstić information content (AvgIpc) is 2.18. The van der Waals surface area contributed by atoms with E-state index in [2.05, 4.69) is 17.3 Å². The molecule has 0 amide bonds. The summed E-state index contributed by atoms with van der Waals surface area (Å²) in [6.45, 7) is 0.369. The molecule has 1 aromatic carbocycles. The van der Waals surface area contributed by atoms with Crippen LogP contribution in [0.2, 0.25) is 0 Å². The number of nitrogens with one attached hydrogen (secondary N) is 1. The lowest BCUT2D eigenvalue weighted by molar-refractivity contribution is 0.386. The van der Waals surface area contributed by atoms with E-state index < -0.39 is 5.82 Å². The Balaban J connectivity index is 2.82. The summed E-state index contributed by atoms with van der Waals surface area (Å²) >= 11 is 0. The number of benzene rings is 1. The Morgan fingerprint density at radius 1 is 1.57 bits per heavy atom. The first kappa shape index (κ1) is 10.5. The van der Waals surface area contributed by atoms with Crippen molar-refractivity contribution >= 4 is 0 Å². The van der Waals surface area contributed by atoms with Gasteiger partial charge in [-0.3, -0.25) is 5.84 Å². The van der Waals surface area contributed by atoms with E-state index in [1.54, 1.807) is 6.07 Å². The lowest BCUT2D eigenvalue weighted by Gasteiger charge is -2.00. The molecule has 0 heterocycles. The van der Waals surface area contributed by atoms with Crippen LogP contribution in [0.25, 0.3) is 0 Å². The third-order valence-electron chi connectivity index (χ3n) is 1.57. The molecule has 0 saturated carbocycles. The normalized spacial score (nSPS) is 9.07. The van der Waals surface area contributed by atoms with Crippen molar-refractivity contribution in [2.75, 3.05) is 13.7 Å². The van der Waals surface area contributed by atoms with E-state index in [1.807, 2.05) is 0 Å². The Morgan fingerprint density at radius 3 is 2.93 bits per heavy atom. The van der Waals surface area contributed by atoms with Crippen molar-refractivity contribution in [3.8, 4) is 17.6 Å². The summed E-state index contributed by atoms with van der Waals surface area (Å²) in [5.41, 5.74) is 2.98. The van der Waals surface area contributed by atoms with Crippen LogP contribution in [0.1, 0.15) is 5.56 Å². The van der Waals surface area contributed by atoms with Gasteiger partial charge in [0.25, 0.3) is 0 Å². The van der Waals surface area contributed by atoms with Crippen LogP contribution in [-0.2, 0) is 0 Å². The first-order valence-corrected chi connectivity index (χ1v) is 4.04. The maximum absolute atomic E-state index is 13.1. The largest absolute Gasteiger partial charge is 0.494 e. The standard InChI is InChI=1S/C10H11FN2O/c1-14-10-5-4-8(7-9(10)11)3-2-6-13-12/h4-5,7,13H,6,12H2,1H3. The van der Waals surface area contributed by atoms with Crippen molar-refractivity contribution in [3.05, 3.63) is 29.6 Å². The number of halogens is 1. The highest BCUT2D eigenvalue weighted by Crippen LogP contribution is 2.16. The van der Waals surface area contributed by atoms with Crippen molar-refractivity contribution in [3.63, 3.8) is 0 Å². The molecule has 0 aliphatic heterocycles. The van der Waals surface area contributed by atoms with Crippen LogP contribution >= 0.6 is 0 Å². The fraction of sp³-hybridized carbons (Fsp3) is 0.200. The molecule has 0 radical (unpaired) electrons. The average molecular weight is 194 g/mol. The monoisotopic (exact) mass is 194 g/mol. The maximum Gasteiger partial charge on any atom is 0.166 e. The van der Waals surface area contributed by atoms with Gasteiger partial charge in [0.1, 0.15) is 0 Å². The molecule has 1 rings (SSSR count). The second-order valence-electron chi connectivity index (χ2n) is 2.53. The van der Waals surface area contributed by atoms with Gasteiger partial charge in [0.15, 0.2) is 11.6 Å². The molecule has 0 saturated heterocycles. The van der Waals surface area contributed by atoms with Gasteiger partial charge in [-0.25, -0.2) is 9.82 Å². The van der Waals surface area contributed by atoms with Gasteiger partial charge in [0.05, 0.1) is 13.7 Å². The van der Waals surface area contributed by atoms with E-state index in [1.165, 1.54) is 19.2 Å². The molecule has 0 bridgehead atoms. The Bertz CT molecular complexity index is 368. The first-order chi connectivity index (χ1) is 6.77. The molecule has 0 unspecified atom stereocenters. The Kier molecular flexibility index (Phi) is 3.92. The fourth-order valence-corrected chi connectivity index (χ4v) is 0.941. The second kappa shape index (κ2) is 5.22. The summed E-state index contributed by atoms with van der Waals surface area (Å²) in [5.74, 6) is 10.3. The van der Waals surface area contributed by atoms with E-state index in [9.17, 15) is 4.39 Å². The van der Waals surface area contributed by atoms with Crippen molar-refractivity contribution in [1.82, 2.24) is 5.43 Å². The zero-order valence-electron chi connectivity index (χ0n) is 7.80. The lowest BCUT2D eigenvalue weighted by Crippen LogP contribution is -2.21. The summed E-state index contributed by atoms with van der Waals surface area (Å²) in [5, 5.41) is 0. The summed E-state index contributed by atoms with van der Waals surface area (Å²) in [6, 6.07) is 4.54. The third-order valence-corrected chi connectivity index (χ3v) is 1.57. The minimum Gasteiger partial charge on any atom is -0.494 e. The number of hydrogen-bond donors (Lipinski definition) is 2. The first-order valence-electron chi connectivity index (χ1n) is 4.04. The lowest BCUT2D eigenvalue weighted by atomic mass is 10.2. The number of hydrazine groups is 1. The zero-order chi connectivity index (χ0) is 10.4. The molecule has 0 spiro atoms. The highest BCUT2D eigenvalue weighted by molar-refractivity contribution is 5.39. The number of methoxy groups -OCH3 is 1. The predicted octanol–water partition coefficient (Wildman–Crippen LogP) is 0.649. The van der Waals surface area contributed by atoms with Crippen LogP contribution in [0.15, 0.2) is 18.2 Å². The molecule has 3 nitrogen and oxygen atoms in total. The Hall–Kier alpha value is -1.57. The molecular weight excluding hydrogens is 183 g/mol. The van der Waals surface area contributed by atoms with Gasteiger partial charge in [-0.2, -0.15) is 0 Å². The SMILES string of the molecule is COc1ccc(C#CCNN)cc1F.